The van der Waals surface area contributed by atoms with Crippen molar-refractivity contribution >= 4 is 10.4 Å². The molecule has 0 aliphatic carbocycles. The minimum absolute atomic E-state index is 0. The zero-order valence-electron chi connectivity index (χ0n) is 9.72. The molecular weight excluding hydrogens is 308 g/mol. The molecule has 0 aliphatic rings. The van der Waals surface area contributed by atoms with Crippen molar-refractivity contribution in [3.63, 3.8) is 0 Å². The van der Waals surface area contributed by atoms with Crippen LogP contribution in [0.25, 0.3) is 34.4 Å². The van der Waals surface area contributed by atoms with Crippen LogP contribution >= 0.6 is 0 Å². The number of hydrogen-bond acceptors (Lipinski definition) is 2. The molecule has 0 fully saturated rings. The van der Waals surface area contributed by atoms with Gasteiger partial charge in [-0.05, 0) is 0 Å². The number of rotatable bonds is 3. The molecule has 0 atom stereocenters. The maximum Gasteiger partial charge on any atom is 3.00 e. The molecule has 0 bridgehead atoms. The quantitative estimate of drug-likeness (QED) is 0.588. The van der Waals surface area contributed by atoms with E-state index in [0.29, 0.717) is 0 Å². The Hall–Kier alpha value is 0.149. The molecular formula is C6H20FeN6O4S-3. The van der Waals surface area contributed by atoms with E-state index >= 15 is 0 Å². The molecule has 115 valence electrons. The summed E-state index contributed by atoms with van der Waals surface area (Å²) >= 11 is 0. The Kier molecular flexibility index (Phi) is 52.0. The molecule has 0 aliphatic heterocycles. The molecule has 0 heterocycles. The Morgan fingerprint density at radius 3 is 0.667 bits per heavy atom. The minimum Gasteiger partial charge on any atom is -0.679 e. The first-order valence-corrected chi connectivity index (χ1v) is 5.72. The second-order valence-electron chi connectivity index (χ2n) is 1.95. The second kappa shape index (κ2) is 30.3. The summed E-state index contributed by atoms with van der Waals surface area (Å²) in [5, 5.41) is 0. The molecule has 0 aromatic carbocycles. The van der Waals surface area contributed by atoms with Gasteiger partial charge in [-0.25, -0.2) is 0 Å². The van der Waals surface area contributed by atoms with Crippen LogP contribution < -0.4 is 0 Å². The van der Waals surface area contributed by atoms with Crippen LogP contribution in [0, 0.1) is 0 Å². The van der Waals surface area contributed by atoms with Gasteiger partial charge in [0.1, 0.15) is 0 Å². The predicted molar refractivity (Wildman–Crippen MR) is 69.3 cm³/mol. The van der Waals surface area contributed by atoms with E-state index in [1.54, 1.807) is 0 Å². The molecule has 12 heteroatoms. The second-order valence-corrected chi connectivity index (χ2v) is 2.84. The predicted octanol–water partition coefficient (Wildman–Crippen LogP) is 2.62. The van der Waals surface area contributed by atoms with Gasteiger partial charge in [-0.15, -0.1) is 0 Å². The van der Waals surface area contributed by atoms with Crippen LogP contribution in [0.3, 0.4) is 0 Å². The summed E-state index contributed by atoms with van der Waals surface area (Å²) in [6.45, 7) is 1.42. The molecule has 0 amide bonds. The van der Waals surface area contributed by atoms with Crippen molar-refractivity contribution in [1.29, 1.82) is 0 Å². The van der Waals surface area contributed by atoms with Gasteiger partial charge in [0, 0.05) is 0 Å². The molecule has 10 nitrogen and oxygen atoms in total. The van der Waals surface area contributed by atoms with Crippen molar-refractivity contribution in [2.45, 2.75) is 0 Å². The molecule has 0 unspecified atom stereocenters. The molecule has 8 N–H and O–H groups in total. The Balaban J connectivity index is -0.0000000412. The van der Waals surface area contributed by atoms with Crippen LogP contribution in [0.1, 0.15) is 0 Å². The van der Waals surface area contributed by atoms with Crippen molar-refractivity contribution in [3.8, 4) is 0 Å². The molecule has 0 aromatic rings. The first-order chi connectivity index (χ1) is 7.74. The van der Waals surface area contributed by atoms with Crippen molar-refractivity contribution in [3.05, 3.63) is 34.4 Å². The Bertz CT molecular complexity index is 171. The zero-order chi connectivity index (χ0) is 14.7. The van der Waals surface area contributed by atoms with Crippen LogP contribution in [0.4, 0.5) is 0 Å². The summed E-state index contributed by atoms with van der Waals surface area (Å²) in [5.41, 5.74) is 37.6. The first-order valence-electron chi connectivity index (χ1n) is 4.32. The Morgan fingerprint density at radius 2 is 0.667 bits per heavy atom. The molecule has 0 saturated carbocycles. The van der Waals surface area contributed by atoms with Gasteiger partial charge in [-0.1, -0.05) is 0 Å². The monoisotopic (exact) mass is 328 g/mol. The van der Waals surface area contributed by atoms with Crippen LogP contribution in [-0.2, 0) is 27.5 Å². The van der Waals surface area contributed by atoms with E-state index in [4.69, 9.17) is 51.9 Å². The smallest absolute Gasteiger partial charge is 0.679 e. The Morgan fingerprint density at radius 1 is 0.611 bits per heavy atom. The maximum absolute atomic E-state index is 8.74. The van der Waals surface area contributed by atoms with Gasteiger partial charge in [0.15, 0.2) is 0 Å². The van der Waals surface area contributed by atoms with Crippen LogP contribution in [-0.4, -0.2) is 56.8 Å². The van der Waals surface area contributed by atoms with Crippen molar-refractivity contribution in [2.75, 3.05) is 39.3 Å². The summed E-state index contributed by atoms with van der Waals surface area (Å²) in [6, 6.07) is 0. The van der Waals surface area contributed by atoms with Gasteiger partial charge in [-0.3, -0.25) is 9.11 Å². The summed E-state index contributed by atoms with van der Waals surface area (Å²) in [5.74, 6) is 0. The van der Waals surface area contributed by atoms with E-state index in [1.807, 2.05) is 0 Å². The molecule has 0 rings (SSSR count). The van der Waals surface area contributed by atoms with Crippen molar-refractivity contribution in [2.24, 2.45) is 0 Å². The molecule has 0 saturated heterocycles. The van der Waals surface area contributed by atoms with E-state index < -0.39 is 10.4 Å². The third-order valence-electron chi connectivity index (χ3n) is 0.375. The molecule has 0 aromatic heterocycles. The van der Waals surface area contributed by atoms with Gasteiger partial charge in [0.05, 0.1) is 0 Å². The minimum atomic E-state index is -4.67. The van der Waals surface area contributed by atoms with Crippen LogP contribution in [0.2, 0.25) is 0 Å². The van der Waals surface area contributed by atoms with Crippen molar-refractivity contribution in [1.82, 2.24) is 0 Å². The van der Waals surface area contributed by atoms with E-state index in [9.17, 15) is 0 Å². The maximum atomic E-state index is 8.74. The van der Waals surface area contributed by atoms with E-state index in [2.05, 4.69) is 0 Å². The average molecular weight is 328 g/mol. The van der Waals surface area contributed by atoms with Crippen molar-refractivity contribution < 1.29 is 34.6 Å². The fraction of sp³-hybridized carbons (Fsp3) is 1.00. The van der Waals surface area contributed by atoms with Gasteiger partial charge in [0.2, 0.25) is 0 Å². The first kappa shape index (κ1) is 30.9. The zero-order valence-corrected chi connectivity index (χ0v) is 11.6. The summed E-state index contributed by atoms with van der Waals surface area (Å²) in [7, 11) is -4.67. The summed E-state index contributed by atoms with van der Waals surface area (Å²) in [6.07, 6.45) is 0. The summed E-state index contributed by atoms with van der Waals surface area (Å²) in [4.78, 5) is 0. The van der Waals surface area contributed by atoms with Crippen LogP contribution in [0.15, 0.2) is 0 Å². The standard InChI is InChI=1S/3C2H6N2.Fe.H2O4S/c3*3-1-2-4;;1-5(2,3)4/h3*3-4H,1-2H2;;(H2,1,2,3,4)/q3*-2;+3;. The van der Waals surface area contributed by atoms with Gasteiger partial charge in [0.25, 0.3) is 0 Å². The third kappa shape index (κ3) is 374. The number of hydrogen-bond donors (Lipinski definition) is 2. The molecule has 18 heavy (non-hydrogen) atoms. The van der Waals surface area contributed by atoms with Gasteiger partial charge >= 0.3 is 27.5 Å². The summed E-state index contributed by atoms with van der Waals surface area (Å²) < 4.78 is 31.6. The average Bonchev–Trinajstić information content (AvgIpc) is 2.27. The molecule has 1 radical (unpaired) electrons. The molecule has 0 spiro atoms. The van der Waals surface area contributed by atoms with E-state index in [1.165, 1.54) is 0 Å². The Labute approximate surface area is 119 Å². The third-order valence-corrected chi connectivity index (χ3v) is 0.375. The topological polar surface area (TPSA) is 217 Å². The fourth-order valence-electron chi connectivity index (χ4n) is 0. The van der Waals surface area contributed by atoms with Gasteiger partial charge < -0.3 is 34.4 Å². The largest absolute Gasteiger partial charge is 3.00 e. The fourth-order valence-corrected chi connectivity index (χ4v) is 0. The van der Waals surface area contributed by atoms with E-state index in [0.717, 1.165) is 0 Å². The van der Waals surface area contributed by atoms with Crippen LogP contribution in [0.5, 0.6) is 0 Å². The SMILES string of the molecule is O=S(=O)(O)O.[Fe+3].[NH-]CC[NH-].[NH-]CC[NH-].[NH-]CC[NH-]. The van der Waals surface area contributed by atoms with E-state index in [-0.39, 0.29) is 56.3 Å². The van der Waals surface area contributed by atoms with Gasteiger partial charge in [-0.2, -0.15) is 47.7 Å². The number of nitrogens with one attached hydrogen (secondary N) is 6. The normalized spacial score (nSPS) is 8.22.